The summed E-state index contributed by atoms with van der Waals surface area (Å²) in [7, 11) is 0. The van der Waals surface area contributed by atoms with Gasteiger partial charge in [0.25, 0.3) is 0 Å². The van der Waals surface area contributed by atoms with Gasteiger partial charge in [-0.1, -0.05) is 72.8 Å². The standard InChI is InChI=1S/C34H28N2O4/c1-3-39-33(37)29-27(25-15-13-21-9-5-7-11-23(21)17-25)19-35-31(29)32-30(34(38)40-4-2)28(20-36-32)26-16-14-22-10-6-8-12-24(22)18-26/h5-20,35-36H,3-4H2,1-2H3. The highest BCUT2D eigenvalue weighted by molar-refractivity contribution is 6.09. The molecule has 2 heterocycles. The van der Waals surface area contributed by atoms with Gasteiger partial charge in [-0.05, 0) is 58.7 Å². The van der Waals surface area contributed by atoms with Crippen LogP contribution in [-0.4, -0.2) is 35.1 Å². The van der Waals surface area contributed by atoms with Gasteiger partial charge in [-0.15, -0.1) is 0 Å². The minimum absolute atomic E-state index is 0.221. The molecule has 0 aliphatic rings. The first-order valence-corrected chi connectivity index (χ1v) is 13.3. The minimum Gasteiger partial charge on any atom is -0.462 e. The summed E-state index contributed by atoms with van der Waals surface area (Å²) in [6.45, 7) is 3.99. The second-order valence-corrected chi connectivity index (χ2v) is 9.47. The molecule has 2 aromatic heterocycles. The van der Waals surface area contributed by atoms with Crippen molar-refractivity contribution >= 4 is 33.5 Å². The number of fused-ring (bicyclic) bond motifs is 2. The van der Waals surface area contributed by atoms with Crippen LogP contribution in [0.25, 0.3) is 55.2 Å². The van der Waals surface area contributed by atoms with Crippen molar-refractivity contribution in [2.75, 3.05) is 13.2 Å². The number of ether oxygens (including phenoxy) is 2. The molecular weight excluding hydrogens is 500 g/mol. The fraction of sp³-hybridized carbons (Fsp3) is 0.118. The summed E-state index contributed by atoms with van der Waals surface area (Å²) in [5.74, 6) is -0.947. The molecule has 0 unspecified atom stereocenters. The van der Waals surface area contributed by atoms with Crippen LogP contribution in [-0.2, 0) is 9.47 Å². The molecule has 6 nitrogen and oxygen atoms in total. The fourth-order valence-electron chi connectivity index (χ4n) is 5.24. The summed E-state index contributed by atoms with van der Waals surface area (Å²) in [5.41, 5.74) is 4.76. The highest BCUT2D eigenvalue weighted by Crippen LogP contribution is 2.39. The lowest BCUT2D eigenvalue weighted by Gasteiger charge is -2.10. The molecule has 0 amide bonds. The number of aromatic nitrogens is 2. The quantitative estimate of drug-likeness (QED) is 0.206. The van der Waals surface area contributed by atoms with Crippen molar-refractivity contribution in [2.24, 2.45) is 0 Å². The molecule has 0 radical (unpaired) electrons. The summed E-state index contributed by atoms with van der Waals surface area (Å²) >= 11 is 0. The van der Waals surface area contributed by atoms with E-state index in [1.54, 1.807) is 26.2 Å². The largest absolute Gasteiger partial charge is 0.462 e. The third kappa shape index (κ3) is 4.43. The molecule has 0 fully saturated rings. The maximum absolute atomic E-state index is 13.4. The molecular formula is C34H28N2O4. The maximum atomic E-state index is 13.4. The first-order chi connectivity index (χ1) is 19.6. The normalized spacial score (nSPS) is 11.2. The van der Waals surface area contributed by atoms with Gasteiger partial charge in [0.2, 0.25) is 0 Å². The molecule has 2 N–H and O–H groups in total. The zero-order chi connectivity index (χ0) is 27.6. The van der Waals surface area contributed by atoms with Gasteiger partial charge in [0, 0.05) is 23.5 Å². The number of nitrogens with one attached hydrogen (secondary N) is 2. The van der Waals surface area contributed by atoms with Gasteiger partial charge in [0.1, 0.15) is 0 Å². The number of carbonyl (C=O) groups is 2. The zero-order valence-electron chi connectivity index (χ0n) is 22.3. The average molecular weight is 529 g/mol. The first-order valence-electron chi connectivity index (χ1n) is 13.3. The number of benzene rings is 4. The lowest BCUT2D eigenvalue weighted by Crippen LogP contribution is -2.10. The molecule has 198 valence electrons. The van der Waals surface area contributed by atoms with Crippen molar-refractivity contribution in [3.63, 3.8) is 0 Å². The van der Waals surface area contributed by atoms with E-state index in [1.807, 2.05) is 84.9 Å². The summed E-state index contributed by atoms with van der Waals surface area (Å²) in [5, 5.41) is 4.33. The molecule has 6 heteroatoms. The van der Waals surface area contributed by atoms with E-state index in [4.69, 9.17) is 9.47 Å². The van der Waals surface area contributed by atoms with E-state index < -0.39 is 11.9 Å². The summed E-state index contributed by atoms with van der Waals surface area (Å²) in [4.78, 5) is 33.4. The molecule has 0 aliphatic carbocycles. The Labute approximate surface area is 231 Å². The molecule has 0 aliphatic heterocycles. The second kappa shape index (κ2) is 10.6. The molecule has 6 aromatic rings. The van der Waals surface area contributed by atoms with Crippen molar-refractivity contribution in [3.05, 3.63) is 108 Å². The van der Waals surface area contributed by atoms with Gasteiger partial charge in [-0.25, -0.2) is 9.59 Å². The van der Waals surface area contributed by atoms with Crippen molar-refractivity contribution in [2.45, 2.75) is 13.8 Å². The predicted octanol–water partition coefficient (Wildman–Crippen LogP) is 8.00. The van der Waals surface area contributed by atoms with Crippen LogP contribution in [0.2, 0.25) is 0 Å². The van der Waals surface area contributed by atoms with Crippen LogP contribution in [0.3, 0.4) is 0 Å². The second-order valence-electron chi connectivity index (χ2n) is 9.47. The number of hydrogen-bond donors (Lipinski definition) is 2. The number of H-pyrrole nitrogens is 2. The van der Waals surface area contributed by atoms with Crippen LogP contribution in [0.15, 0.2) is 97.3 Å². The zero-order valence-corrected chi connectivity index (χ0v) is 22.3. The molecule has 0 spiro atoms. The number of carbonyl (C=O) groups excluding carboxylic acids is 2. The van der Waals surface area contributed by atoms with Gasteiger partial charge in [-0.3, -0.25) is 0 Å². The monoisotopic (exact) mass is 528 g/mol. The number of aromatic amines is 2. The molecule has 0 bridgehead atoms. The molecule has 0 atom stereocenters. The minimum atomic E-state index is -0.474. The van der Waals surface area contributed by atoms with Crippen LogP contribution in [0.4, 0.5) is 0 Å². The SMILES string of the molecule is CCOC(=O)c1c(-c2ccc3ccccc3c2)c[nH]c1-c1[nH]cc(-c2ccc3ccccc3c2)c1C(=O)OCC. The number of esters is 2. The Bertz CT molecular complexity index is 1740. The fourth-order valence-corrected chi connectivity index (χ4v) is 5.24. The van der Waals surface area contributed by atoms with Crippen LogP contribution in [0.1, 0.15) is 34.6 Å². The van der Waals surface area contributed by atoms with Crippen LogP contribution >= 0.6 is 0 Å². The van der Waals surface area contributed by atoms with E-state index >= 15 is 0 Å². The smallest absolute Gasteiger partial charge is 0.341 e. The van der Waals surface area contributed by atoms with E-state index in [-0.39, 0.29) is 13.2 Å². The van der Waals surface area contributed by atoms with E-state index in [0.717, 1.165) is 32.7 Å². The number of rotatable bonds is 7. The lowest BCUT2D eigenvalue weighted by atomic mass is 9.96. The lowest BCUT2D eigenvalue weighted by molar-refractivity contribution is 0.0516. The Hall–Kier alpha value is -5.10. The number of hydrogen-bond acceptors (Lipinski definition) is 4. The summed E-state index contributed by atoms with van der Waals surface area (Å²) in [6.07, 6.45) is 3.58. The van der Waals surface area contributed by atoms with Gasteiger partial charge in [0.15, 0.2) is 0 Å². The highest BCUT2D eigenvalue weighted by atomic mass is 16.5. The van der Waals surface area contributed by atoms with Crippen LogP contribution < -0.4 is 0 Å². The van der Waals surface area contributed by atoms with Gasteiger partial charge >= 0.3 is 11.9 Å². The van der Waals surface area contributed by atoms with Gasteiger partial charge in [0.05, 0.1) is 35.7 Å². The topological polar surface area (TPSA) is 84.2 Å². The third-order valence-electron chi connectivity index (χ3n) is 7.09. The predicted molar refractivity (Wildman–Crippen MR) is 158 cm³/mol. The van der Waals surface area contributed by atoms with Gasteiger partial charge < -0.3 is 19.4 Å². The van der Waals surface area contributed by atoms with Crippen molar-refractivity contribution in [3.8, 4) is 33.6 Å². The van der Waals surface area contributed by atoms with E-state index in [0.29, 0.717) is 33.6 Å². The Balaban J connectivity index is 1.55. The van der Waals surface area contributed by atoms with Gasteiger partial charge in [-0.2, -0.15) is 0 Å². The Kier molecular flexibility index (Phi) is 6.66. The third-order valence-corrected chi connectivity index (χ3v) is 7.09. The molecule has 0 saturated heterocycles. The first kappa shape index (κ1) is 25.2. The molecule has 6 rings (SSSR count). The van der Waals surface area contributed by atoms with E-state index in [9.17, 15) is 9.59 Å². The Morgan fingerprint density at radius 1 is 0.575 bits per heavy atom. The van der Waals surface area contributed by atoms with E-state index in [2.05, 4.69) is 9.97 Å². The van der Waals surface area contributed by atoms with Crippen LogP contribution in [0.5, 0.6) is 0 Å². The summed E-state index contributed by atoms with van der Waals surface area (Å²) < 4.78 is 11.0. The average Bonchev–Trinajstić information content (AvgIpc) is 3.62. The van der Waals surface area contributed by atoms with Crippen molar-refractivity contribution < 1.29 is 19.1 Å². The Morgan fingerprint density at radius 2 is 0.975 bits per heavy atom. The van der Waals surface area contributed by atoms with Crippen LogP contribution in [0, 0.1) is 0 Å². The molecule has 40 heavy (non-hydrogen) atoms. The highest BCUT2D eigenvalue weighted by Gasteiger charge is 2.29. The molecule has 4 aromatic carbocycles. The van der Waals surface area contributed by atoms with Crippen molar-refractivity contribution in [1.82, 2.24) is 9.97 Å². The van der Waals surface area contributed by atoms with E-state index in [1.165, 1.54) is 0 Å². The summed E-state index contributed by atoms with van der Waals surface area (Å²) in [6, 6.07) is 28.3. The Morgan fingerprint density at radius 3 is 1.38 bits per heavy atom. The maximum Gasteiger partial charge on any atom is 0.341 e. The van der Waals surface area contributed by atoms with Crippen molar-refractivity contribution in [1.29, 1.82) is 0 Å². The molecule has 0 saturated carbocycles.